The number of rotatable bonds is 5. The van der Waals surface area contributed by atoms with Gasteiger partial charge in [0, 0.05) is 38.3 Å². The van der Waals surface area contributed by atoms with Crippen LogP contribution in [-0.2, 0) is 10.0 Å². The second-order valence-electron chi connectivity index (χ2n) is 8.72. The predicted octanol–water partition coefficient (Wildman–Crippen LogP) is 3.29. The molecular formula is C24H29FN2O5S. The maximum atomic E-state index is 13.8. The van der Waals surface area contributed by atoms with Crippen molar-refractivity contribution in [2.45, 2.75) is 42.7 Å². The molecule has 0 atom stereocenters. The largest absolute Gasteiger partial charge is 0.487 e. The lowest BCUT2D eigenvalue weighted by Gasteiger charge is -2.41. The van der Waals surface area contributed by atoms with E-state index in [1.54, 1.807) is 40.7 Å². The Hall–Kier alpha value is -2.36. The number of halogens is 1. The Balaban J connectivity index is 1.14. The summed E-state index contributed by atoms with van der Waals surface area (Å²) in [5.74, 6) is 1.05. The van der Waals surface area contributed by atoms with Crippen molar-refractivity contribution in [1.29, 1.82) is 0 Å². The van der Waals surface area contributed by atoms with Crippen LogP contribution in [0.1, 0.15) is 25.7 Å². The summed E-state index contributed by atoms with van der Waals surface area (Å²) in [5.41, 5.74) is 0. The van der Waals surface area contributed by atoms with Gasteiger partial charge in [0.2, 0.25) is 10.0 Å². The number of sulfonamides is 1. The lowest BCUT2D eigenvalue weighted by atomic mass is 10.00. The molecule has 33 heavy (non-hydrogen) atoms. The molecule has 0 aromatic heterocycles. The highest BCUT2D eigenvalue weighted by molar-refractivity contribution is 7.89. The number of piperidine rings is 2. The molecule has 2 aromatic rings. The topological polar surface area (TPSA) is 68.3 Å². The monoisotopic (exact) mass is 476 g/mol. The van der Waals surface area contributed by atoms with E-state index >= 15 is 0 Å². The summed E-state index contributed by atoms with van der Waals surface area (Å²) < 4.78 is 58.7. The molecule has 178 valence electrons. The molecule has 3 aliphatic heterocycles. The maximum absolute atomic E-state index is 13.8. The fourth-order valence-electron chi connectivity index (χ4n) is 4.86. The van der Waals surface area contributed by atoms with E-state index in [-0.39, 0.29) is 16.8 Å². The van der Waals surface area contributed by atoms with E-state index in [0.29, 0.717) is 49.6 Å². The maximum Gasteiger partial charge on any atom is 0.243 e. The van der Waals surface area contributed by atoms with Crippen molar-refractivity contribution in [2.24, 2.45) is 0 Å². The molecular weight excluding hydrogens is 447 g/mol. The Kier molecular flexibility index (Phi) is 6.44. The number of hydrogen-bond acceptors (Lipinski definition) is 6. The van der Waals surface area contributed by atoms with Crippen LogP contribution < -0.4 is 14.2 Å². The standard InChI is InChI=1S/C24H29FN2O5S/c25-21-3-1-2-4-22(21)32-19-9-11-26(12-10-19)18-7-13-27(14-8-18)33(28,29)20-5-6-23-24(17-20)31-16-15-30-23/h1-6,17-19H,7-16H2. The molecule has 0 radical (unpaired) electrons. The van der Waals surface area contributed by atoms with E-state index in [0.717, 1.165) is 38.8 Å². The second kappa shape index (κ2) is 9.48. The van der Waals surface area contributed by atoms with E-state index < -0.39 is 10.0 Å². The van der Waals surface area contributed by atoms with Gasteiger partial charge in [-0.1, -0.05) is 12.1 Å². The lowest BCUT2D eigenvalue weighted by molar-refractivity contribution is 0.0568. The molecule has 3 heterocycles. The van der Waals surface area contributed by atoms with Crippen LogP contribution in [0.15, 0.2) is 47.4 Å². The van der Waals surface area contributed by atoms with Crippen LogP contribution in [0.3, 0.4) is 0 Å². The normalized spacial score (nSPS) is 21.1. The minimum Gasteiger partial charge on any atom is -0.487 e. The second-order valence-corrected chi connectivity index (χ2v) is 10.7. The van der Waals surface area contributed by atoms with Gasteiger partial charge in [0.1, 0.15) is 19.3 Å². The number of nitrogens with zero attached hydrogens (tertiary/aromatic N) is 2. The number of fused-ring (bicyclic) bond motifs is 1. The van der Waals surface area contributed by atoms with Crippen molar-refractivity contribution in [2.75, 3.05) is 39.4 Å². The van der Waals surface area contributed by atoms with Gasteiger partial charge in [-0.25, -0.2) is 12.8 Å². The van der Waals surface area contributed by atoms with Crippen molar-refractivity contribution in [3.8, 4) is 17.2 Å². The molecule has 2 fully saturated rings. The van der Waals surface area contributed by atoms with Gasteiger partial charge >= 0.3 is 0 Å². The number of ether oxygens (including phenoxy) is 3. The third-order valence-electron chi connectivity index (χ3n) is 6.70. The fraction of sp³-hybridized carbons (Fsp3) is 0.500. The zero-order chi connectivity index (χ0) is 22.8. The van der Waals surface area contributed by atoms with Gasteiger partial charge in [0.25, 0.3) is 0 Å². The zero-order valence-electron chi connectivity index (χ0n) is 18.5. The first-order valence-electron chi connectivity index (χ1n) is 11.6. The summed E-state index contributed by atoms with van der Waals surface area (Å²) in [6.07, 6.45) is 3.27. The number of likely N-dealkylation sites (tertiary alicyclic amines) is 1. The Labute approximate surface area is 194 Å². The Bertz CT molecular complexity index is 1080. The van der Waals surface area contributed by atoms with Crippen LogP contribution in [0.4, 0.5) is 4.39 Å². The minimum absolute atomic E-state index is 0.00817. The van der Waals surface area contributed by atoms with E-state index in [9.17, 15) is 12.8 Å². The summed E-state index contributed by atoms with van der Waals surface area (Å²) in [6.45, 7) is 3.63. The number of hydrogen-bond donors (Lipinski definition) is 0. The molecule has 9 heteroatoms. The lowest BCUT2D eigenvalue weighted by Crippen LogP contribution is -2.50. The fourth-order valence-corrected chi connectivity index (χ4v) is 6.35. The van der Waals surface area contributed by atoms with Crippen LogP contribution in [0.25, 0.3) is 0 Å². The SMILES string of the molecule is O=S(=O)(c1ccc2c(c1)OCCO2)N1CCC(N2CCC(Oc3ccccc3F)CC2)CC1. The smallest absolute Gasteiger partial charge is 0.243 e. The van der Waals surface area contributed by atoms with Gasteiger partial charge < -0.3 is 19.1 Å². The van der Waals surface area contributed by atoms with Gasteiger partial charge in [-0.15, -0.1) is 0 Å². The molecule has 0 aliphatic carbocycles. The first kappa shape index (κ1) is 22.4. The van der Waals surface area contributed by atoms with E-state index in [1.165, 1.54) is 6.07 Å². The molecule has 7 nitrogen and oxygen atoms in total. The van der Waals surface area contributed by atoms with Crippen molar-refractivity contribution in [3.63, 3.8) is 0 Å². The molecule has 3 aliphatic rings. The third-order valence-corrected chi connectivity index (χ3v) is 8.59. The molecule has 5 rings (SSSR count). The highest BCUT2D eigenvalue weighted by Crippen LogP contribution is 2.34. The first-order chi connectivity index (χ1) is 16.0. The van der Waals surface area contributed by atoms with Gasteiger partial charge in [-0.2, -0.15) is 4.31 Å². The van der Waals surface area contributed by atoms with Crippen LogP contribution in [0, 0.1) is 5.82 Å². The van der Waals surface area contributed by atoms with E-state index in [2.05, 4.69) is 4.90 Å². The first-order valence-corrected chi connectivity index (χ1v) is 13.0. The zero-order valence-corrected chi connectivity index (χ0v) is 19.3. The molecule has 0 saturated carbocycles. The summed E-state index contributed by atoms with van der Waals surface area (Å²) in [7, 11) is -3.57. The van der Waals surface area contributed by atoms with Gasteiger partial charge in [0.05, 0.1) is 4.90 Å². The van der Waals surface area contributed by atoms with Gasteiger partial charge in [-0.05, 0) is 49.9 Å². The molecule has 0 unspecified atom stereocenters. The molecule has 0 N–H and O–H groups in total. The molecule has 2 saturated heterocycles. The highest BCUT2D eigenvalue weighted by atomic mass is 32.2. The quantitative estimate of drug-likeness (QED) is 0.660. The Morgan fingerprint density at radius 2 is 1.58 bits per heavy atom. The number of para-hydroxylation sites is 1. The van der Waals surface area contributed by atoms with Crippen molar-refractivity contribution in [1.82, 2.24) is 9.21 Å². The van der Waals surface area contributed by atoms with E-state index in [1.807, 2.05) is 0 Å². The molecule has 2 aromatic carbocycles. The molecule has 0 bridgehead atoms. The molecule has 0 amide bonds. The Morgan fingerprint density at radius 3 is 2.30 bits per heavy atom. The third kappa shape index (κ3) is 4.81. The van der Waals surface area contributed by atoms with Crippen molar-refractivity contribution < 1.29 is 27.0 Å². The average Bonchev–Trinajstić information content (AvgIpc) is 2.86. The summed E-state index contributed by atoms with van der Waals surface area (Å²) >= 11 is 0. The van der Waals surface area contributed by atoms with Crippen molar-refractivity contribution >= 4 is 10.0 Å². The molecule has 0 spiro atoms. The average molecular weight is 477 g/mol. The van der Waals surface area contributed by atoms with Crippen molar-refractivity contribution in [3.05, 3.63) is 48.3 Å². The van der Waals surface area contributed by atoms with Crippen LogP contribution >= 0.6 is 0 Å². The van der Waals surface area contributed by atoms with Crippen LogP contribution in [0.5, 0.6) is 17.2 Å². The van der Waals surface area contributed by atoms with E-state index in [4.69, 9.17) is 14.2 Å². The summed E-state index contributed by atoms with van der Waals surface area (Å²) in [6, 6.07) is 11.7. The minimum atomic E-state index is -3.57. The van der Waals surface area contributed by atoms with Crippen LogP contribution in [0.2, 0.25) is 0 Å². The predicted molar refractivity (Wildman–Crippen MR) is 121 cm³/mol. The summed E-state index contributed by atoms with van der Waals surface area (Å²) in [4.78, 5) is 2.67. The Morgan fingerprint density at radius 1 is 0.879 bits per heavy atom. The summed E-state index contributed by atoms with van der Waals surface area (Å²) in [5, 5.41) is 0. The number of benzene rings is 2. The highest BCUT2D eigenvalue weighted by Gasteiger charge is 2.34. The van der Waals surface area contributed by atoms with Crippen LogP contribution in [-0.4, -0.2) is 69.2 Å². The van der Waals surface area contributed by atoms with Gasteiger partial charge in [-0.3, -0.25) is 0 Å². The van der Waals surface area contributed by atoms with Gasteiger partial charge in [0.15, 0.2) is 23.1 Å².